The van der Waals surface area contributed by atoms with Gasteiger partial charge in [-0.2, -0.15) is 0 Å². The van der Waals surface area contributed by atoms with Crippen molar-refractivity contribution >= 4 is 0 Å². The van der Waals surface area contributed by atoms with E-state index < -0.39 is 5.60 Å². The van der Waals surface area contributed by atoms with Crippen LogP contribution in [0.25, 0.3) is 0 Å². The maximum absolute atomic E-state index is 10.0. The Balaban J connectivity index is 2.72. The van der Waals surface area contributed by atoms with Crippen molar-refractivity contribution in [3.8, 4) is 0 Å². The highest BCUT2D eigenvalue weighted by Gasteiger charge is 2.52. The molecule has 1 aliphatic rings. The molecule has 0 radical (unpaired) electrons. The van der Waals surface area contributed by atoms with Gasteiger partial charge in [0.1, 0.15) is 0 Å². The summed E-state index contributed by atoms with van der Waals surface area (Å²) < 4.78 is 0. The van der Waals surface area contributed by atoms with Crippen molar-refractivity contribution in [2.24, 2.45) is 11.3 Å². The van der Waals surface area contributed by atoms with Crippen LogP contribution in [0.1, 0.15) is 33.6 Å². The Morgan fingerprint density at radius 1 is 1.55 bits per heavy atom. The molecule has 1 rings (SSSR count). The van der Waals surface area contributed by atoms with Gasteiger partial charge in [-0.15, -0.1) is 0 Å². The smallest absolute Gasteiger partial charge is 0.0745 e. The molecule has 2 unspecified atom stereocenters. The normalized spacial score (nSPS) is 38.5. The van der Waals surface area contributed by atoms with E-state index in [2.05, 4.69) is 0 Å². The second-order valence-electron chi connectivity index (χ2n) is 4.41. The van der Waals surface area contributed by atoms with Crippen molar-refractivity contribution in [1.29, 1.82) is 0 Å². The Bertz CT molecular complexity index is 154. The van der Waals surface area contributed by atoms with Crippen LogP contribution in [0.2, 0.25) is 0 Å². The Hall–Kier alpha value is -0.0800. The van der Waals surface area contributed by atoms with E-state index in [0.717, 1.165) is 12.8 Å². The highest BCUT2D eigenvalue weighted by Crippen LogP contribution is 2.49. The van der Waals surface area contributed by atoms with Crippen molar-refractivity contribution in [2.75, 3.05) is 6.61 Å². The van der Waals surface area contributed by atoms with Crippen LogP contribution in [0.4, 0.5) is 0 Å². The van der Waals surface area contributed by atoms with Gasteiger partial charge in [-0.25, -0.2) is 0 Å². The van der Waals surface area contributed by atoms with Crippen LogP contribution < -0.4 is 0 Å². The Morgan fingerprint density at radius 2 is 2.09 bits per heavy atom. The molecule has 0 bridgehead atoms. The molecule has 0 saturated heterocycles. The first kappa shape index (κ1) is 9.01. The van der Waals surface area contributed by atoms with Crippen LogP contribution in [-0.2, 0) is 0 Å². The van der Waals surface area contributed by atoms with E-state index in [4.69, 9.17) is 5.11 Å². The molecule has 0 amide bonds. The maximum Gasteiger partial charge on any atom is 0.0745 e. The number of aliphatic hydroxyl groups excluding tert-OH is 1. The third kappa shape index (κ3) is 1.09. The molecule has 1 saturated carbocycles. The van der Waals surface area contributed by atoms with Gasteiger partial charge in [-0.3, -0.25) is 0 Å². The van der Waals surface area contributed by atoms with Gasteiger partial charge in [-0.05, 0) is 18.8 Å². The molecule has 0 spiro atoms. The molecule has 0 aromatic carbocycles. The fraction of sp³-hybridized carbons (Fsp3) is 1.00. The Labute approximate surface area is 68.2 Å². The lowest BCUT2D eigenvalue weighted by Crippen LogP contribution is -2.57. The van der Waals surface area contributed by atoms with Crippen LogP contribution in [0, 0.1) is 11.3 Å². The Kier molecular flexibility index (Phi) is 2.01. The first-order valence-electron chi connectivity index (χ1n) is 4.27. The van der Waals surface area contributed by atoms with E-state index in [-0.39, 0.29) is 12.0 Å². The minimum Gasteiger partial charge on any atom is -0.396 e. The van der Waals surface area contributed by atoms with E-state index in [1.807, 2.05) is 20.8 Å². The van der Waals surface area contributed by atoms with Gasteiger partial charge in [0.15, 0.2) is 0 Å². The Morgan fingerprint density at radius 3 is 2.18 bits per heavy atom. The summed E-state index contributed by atoms with van der Waals surface area (Å²) in [5, 5.41) is 19.1. The predicted molar refractivity (Wildman–Crippen MR) is 44.2 cm³/mol. The van der Waals surface area contributed by atoms with E-state index in [1.165, 1.54) is 0 Å². The number of rotatable bonds is 2. The molecule has 2 nitrogen and oxygen atoms in total. The molecule has 11 heavy (non-hydrogen) atoms. The van der Waals surface area contributed by atoms with Crippen molar-refractivity contribution in [3.05, 3.63) is 0 Å². The van der Waals surface area contributed by atoms with Gasteiger partial charge in [0.05, 0.1) is 12.2 Å². The lowest BCUT2D eigenvalue weighted by molar-refractivity contribution is -0.180. The summed E-state index contributed by atoms with van der Waals surface area (Å²) in [4.78, 5) is 0. The topological polar surface area (TPSA) is 40.5 Å². The van der Waals surface area contributed by atoms with Crippen molar-refractivity contribution in [2.45, 2.75) is 39.2 Å². The molecule has 2 heteroatoms. The SMILES string of the molecule is CC1CCC1(O)C(C)(C)CO. The average Bonchev–Trinajstić information content (AvgIpc) is 2.00. The summed E-state index contributed by atoms with van der Waals surface area (Å²) >= 11 is 0. The minimum absolute atomic E-state index is 0.0633. The predicted octanol–water partition coefficient (Wildman–Crippen LogP) is 1.17. The van der Waals surface area contributed by atoms with Crippen molar-refractivity contribution < 1.29 is 10.2 Å². The zero-order valence-corrected chi connectivity index (χ0v) is 7.59. The lowest BCUT2D eigenvalue weighted by Gasteiger charge is -2.53. The van der Waals surface area contributed by atoms with Crippen LogP contribution in [0.5, 0.6) is 0 Å². The zero-order valence-electron chi connectivity index (χ0n) is 7.59. The molecule has 1 aliphatic carbocycles. The molecule has 0 aromatic heterocycles. The first-order valence-corrected chi connectivity index (χ1v) is 4.27. The van der Waals surface area contributed by atoms with Crippen LogP contribution in [-0.4, -0.2) is 22.4 Å². The summed E-state index contributed by atoms with van der Waals surface area (Å²) in [6.07, 6.45) is 1.92. The summed E-state index contributed by atoms with van der Waals surface area (Å²) in [6, 6.07) is 0. The molecule has 1 fully saturated rings. The van der Waals surface area contributed by atoms with Crippen LogP contribution in [0.3, 0.4) is 0 Å². The molecular formula is C9H18O2. The molecule has 2 N–H and O–H groups in total. The van der Waals surface area contributed by atoms with Gasteiger partial charge < -0.3 is 10.2 Å². The molecule has 0 heterocycles. The van der Waals surface area contributed by atoms with Crippen molar-refractivity contribution in [1.82, 2.24) is 0 Å². The molecule has 66 valence electrons. The molecule has 0 aliphatic heterocycles. The van der Waals surface area contributed by atoms with E-state index in [1.54, 1.807) is 0 Å². The average molecular weight is 158 g/mol. The van der Waals surface area contributed by atoms with Crippen LogP contribution in [0.15, 0.2) is 0 Å². The third-order valence-electron chi connectivity index (χ3n) is 3.34. The first-order chi connectivity index (χ1) is 4.94. The van der Waals surface area contributed by atoms with Gasteiger partial charge >= 0.3 is 0 Å². The standard InChI is InChI=1S/C9H18O2/c1-7-4-5-9(7,11)8(2,3)6-10/h7,10-11H,4-6H2,1-3H3. The largest absolute Gasteiger partial charge is 0.396 e. The van der Waals surface area contributed by atoms with E-state index >= 15 is 0 Å². The number of aliphatic hydroxyl groups is 2. The summed E-state index contributed by atoms with van der Waals surface area (Å²) in [6.45, 7) is 5.94. The summed E-state index contributed by atoms with van der Waals surface area (Å²) in [5.74, 6) is 0.338. The maximum atomic E-state index is 10.0. The van der Waals surface area contributed by atoms with Gasteiger partial charge in [0.25, 0.3) is 0 Å². The highest BCUT2D eigenvalue weighted by atomic mass is 16.3. The minimum atomic E-state index is -0.623. The second-order valence-corrected chi connectivity index (χ2v) is 4.41. The number of hydrogen-bond acceptors (Lipinski definition) is 2. The van der Waals surface area contributed by atoms with Crippen LogP contribution >= 0.6 is 0 Å². The van der Waals surface area contributed by atoms with E-state index in [9.17, 15) is 5.11 Å². The van der Waals surface area contributed by atoms with Gasteiger partial charge in [0.2, 0.25) is 0 Å². The monoisotopic (exact) mass is 158 g/mol. The summed E-state index contributed by atoms with van der Waals surface area (Å²) in [5.41, 5.74) is -0.966. The zero-order chi connectivity index (χ0) is 8.70. The number of hydrogen-bond donors (Lipinski definition) is 2. The molecule has 0 aromatic rings. The van der Waals surface area contributed by atoms with Gasteiger partial charge in [0, 0.05) is 5.41 Å². The quantitative estimate of drug-likeness (QED) is 0.633. The van der Waals surface area contributed by atoms with Crippen molar-refractivity contribution in [3.63, 3.8) is 0 Å². The fourth-order valence-corrected chi connectivity index (χ4v) is 1.85. The second kappa shape index (κ2) is 2.46. The third-order valence-corrected chi connectivity index (χ3v) is 3.34. The molecule has 2 atom stereocenters. The van der Waals surface area contributed by atoms with E-state index in [0.29, 0.717) is 5.92 Å². The fourth-order valence-electron chi connectivity index (χ4n) is 1.85. The molecular weight excluding hydrogens is 140 g/mol. The highest BCUT2D eigenvalue weighted by molar-refractivity contribution is 5.03. The summed E-state index contributed by atoms with van der Waals surface area (Å²) in [7, 11) is 0. The van der Waals surface area contributed by atoms with Gasteiger partial charge in [-0.1, -0.05) is 20.8 Å². The lowest BCUT2D eigenvalue weighted by atomic mass is 9.57.